The van der Waals surface area contributed by atoms with Crippen LogP contribution in [0.5, 0.6) is 0 Å². The Morgan fingerprint density at radius 3 is 2.52 bits per heavy atom. The number of piperidine rings is 1. The molecule has 1 aliphatic rings. The van der Waals surface area contributed by atoms with Gasteiger partial charge in [-0.2, -0.15) is 4.37 Å². The zero-order chi connectivity index (χ0) is 20.1. The number of benzene rings is 2. The van der Waals surface area contributed by atoms with Gasteiger partial charge in [0.15, 0.2) is 0 Å². The normalized spacial score (nSPS) is 14.7. The van der Waals surface area contributed by atoms with E-state index in [1.165, 1.54) is 29.2 Å². The highest BCUT2D eigenvalue weighted by atomic mass is 32.1. The highest BCUT2D eigenvalue weighted by Gasteiger charge is 2.26. The number of nitrogens with one attached hydrogen (secondary N) is 1. The first-order valence-corrected chi connectivity index (χ1v) is 10.6. The second kappa shape index (κ2) is 9.13. The maximum Gasteiger partial charge on any atom is 0.223 e. The first-order chi connectivity index (χ1) is 14.2. The molecule has 7 heteroatoms. The second-order valence-electron chi connectivity index (χ2n) is 7.26. The Morgan fingerprint density at radius 1 is 1.07 bits per heavy atom. The number of halogens is 1. The SMILES string of the molecule is O=C(NCc1ccc(F)cc1)C1CCN(c2nc(Cc3ccccc3)ns2)CC1. The van der Waals surface area contributed by atoms with Crippen LogP contribution >= 0.6 is 11.5 Å². The molecule has 1 saturated heterocycles. The fourth-order valence-corrected chi connectivity index (χ4v) is 4.23. The van der Waals surface area contributed by atoms with Gasteiger partial charge in [-0.15, -0.1) is 0 Å². The van der Waals surface area contributed by atoms with Gasteiger partial charge in [-0.05, 0) is 36.1 Å². The van der Waals surface area contributed by atoms with Crippen molar-refractivity contribution in [3.63, 3.8) is 0 Å². The minimum Gasteiger partial charge on any atom is -0.352 e. The number of amides is 1. The molecule has 1 aliphatic heterocycles. The van der Waals surface area contributed by atoms with Crippen LogP contribution in [0.4, 0.5) is 9.52 Å². The quantitative estimate of drug-likeness (QED) is 0.672. The third kappa shape index (κ3) is 5.17. The summed E-state index contributed by atoms with van der Waals surface area (Å²) in [5.74, 6) is 0.644. The Hall–Kier alpha value is -2.80. The van der Waals surface area contributed by atoms with Crippen molar-refractivity contribution in [1.82, 2.24) is 14.7 Å². The van der Waals surface area contributed by atoms with Gasteiger partial charge in [0, 0.05) is 43.5 Å². The van der Waals surface area contributed by atoms with Gasteiger partial charge in [-0.3, -0.25) is 4.79 Å². The van der Waals surface area contributed by atoms with Crippen molar-refractivity contribution in [3.8, 4) is 0 Å². The number of anilines is 1. The molecule has 150 valence electrons. The molecule has 0 radical (unpaired) electrons. The summed E-state index contributed by atoms with van der Waals surface area (Å²) in [7, 11) is 0. The number of hydrogen-bond acceptors (Lipinski definition) is 5. The van der Waals surface area contributed by atoms with Crippen molar-refractivity contribution in [2.24, 2.45) is 5.92 Å². The smallest absolute Gasteiger partial charge is 0.223 e. The molecule has 1 amide bonds. The van der Waals surface area contributed by atoms with E-state index < -0.39 is 0 Å². The summed E-state index contributed by atoms with van der Waals surface area (Å²) < 4.78 is 17.5. The van der Waals surface area contributed by atoms with E-state index in [0.29, 0.717) is 6.54 Å². The molecule has 3 aromatic rings. The largest absolute Gasteiger partial charge is 0.352 e. The Balaban J connectivity index is 1.26. The van der Waals surface area contributed by atoms with E-state index in [4.69, 9.17) is 0 Å². The standard InChI is InChI=1S/C22H23FN4OS/c23-19-8-6-17(7-9-19)15-24-21(28)18-10-12-27(13-11-18)22-25-20(26-29-22)14-16-4-2-1-3-5-16/h1-9,18H,10-15H2,(H,24,28). The topological polar surface area (TPSA) is 58.1 Å². The third-order valence-electron chi connectivity index (χ3n) is 5.18. The van der Waals surface area contributed by atoms with E-state index >= 15 is 0 Å². The highest BCUT2D eigenvalue weighted by molar-refractivity contribution is 7.09. The van der Waals surface area contributed by atoms with Crippen molar-refractivity contribution < 1.29 is 9.18 Å². The van der Waals surface area contributed by atoms with Crippen LogP contribution in [0.25, 0.3) is 0 Å². The Morgan fingerprint density at radius 2 is 1.79 bits per heavy atom. The van der Waals surface area contributed by atoms with E-state index in [1.54, 1.807) is 12.1 Å². The molecule has 4 rings (SSSR count). The molecular formula is C22H23FN4OS. The van der Waals surface area contributed by atoms with Crippen molar-refractivity contribution in [2.45, 2.75) is 25.8 Å². The van der Waals surface area contributed by atoms with E-state index in [0.717, 1.165) is 48.9 Å². The highest BCUT2D eigenvalue weighted by Crippen LogP contribution is 2.25. The van der Waals surface area contributed by atoms with Crippen LogP contribution < -0.4 is 10.2 Å². The predicted octanol–water partition coefficient (Wildman–Crippen LogP) is 3.80. The minimum absolute atomic E-state index is 0.00316. The molecule has 2 aromatic carbocycles. The van der Waals surface area contributed by atoms with E-state index in [9.17, 15) is 9.18 Å². The van der Waals surface area contributed by atoms with Crippen molar-refractivity contribution in [1.29, 1.82) is 0 Å². The summed E-state index contributed by atoms with van der Waals surface area (Å²) in [5.41, 5.74) is 2.10. The summed E-state index contributed by atoms with van der Waals surface area (Å²) in [5, 5.41) is 3.90. The second-order valence-corrected chi connectivity index (χ2v) is 7.99. The van der Waals surface area contributed by atoms with Crippen molar-refractivity contribution in [2.75, 3.05) is 18.0 Å². The maximum atomic E-state index is 13.0. The zero-order valence-corrected chi connectivity index (χ0v) is 16.9. The summed E-state index contributed by atoms with van der Waals surface area (Å²) in [6, 6.07) is 16.4. The maximum absolute atomic E-state index is 13.0. The Labute approximate surface area is 173 Å². The van der Waals surface area contributed by atoms with Crippen molar-refractivity contribution in [3.05, 3.63) is 77.4 Å². The fourth-order valence-electron chi connectivity index (χ4n) is 3.49. The number of carbonyl (C=O) groups excluding carboxylic acids is 1. The predicted molar refractivity (Wildman–Crippen MR) is 112 cm³/mol. The van der Waals surface area contributed by atoms with Crippen LogP contribution in [0.15, 0.2) is 54.6 Å². The van der Waals surface area contributed by atoms with Crippen LogP contribution in [0, 0.1) is 11.7 Å². The van der Waals surface area contributed by atoms with Gasteiger partial charge in [-0.1, -0.05) is 42.5 Å². The van der Waals surface area contributed by atoms with Crippen molar-refractivity contribution >= 4 is 22.6 Å². The molecule has 1 N–H and O–H groups in total. The van der Waals surface area contributed by atoms with Gasteiger partial charge >= 0.3 is 0 Å². The van der Waals surface area contributed by atoms with Crippen LogP contribution in [0.1, 0.15) is 29.8 Å². The Kier molecular flexibility index (Phi) is 6.14. The van der Waals surface area contributed by atoms with Gasteiger partial charge in [0.2, 0.25) is 11.0 Å². The number of hydrogen-bond donors (Lipinski definition) is 1. The minimum atomic E-state index is -0.268. The lowest BCUT2D eigenvalue weighted by Crippen LogP contribution is -2.40. The molecule has 5 nitrogen and oxygen atoms in total. The molecule has 0 spiro atoms. The molecular weight excluding hydrogens is 387 g/mol. The first-order valence-electron chi connectivity index (χ1n) is 9.81. The third-order valence-corrected chi connectivity index (χ3v) is 5.99. The van der Waals surface area contributed by atoms with Gasteiger partial charge in [-0.25, -0.2) is 9.37 Å². The van der Waals surface area contributed by atoms with E-state index in [1.807, 2.05) is 18.2 Å². The van der Waals surface area contributed by atoms with Crippen LogP contribution in [0.2, 0.25) is 0 Å². The van der Waals surface area contributed by atoms with Gasteiger partial charge in [0.05, 0.1) is 0 Å². The van der Waals surface area contributed by atoms with Gasteiger partial charge in [0.25, 0.3) is 0 Å². The molecule has 0 unspecified atom stereocenters. The average molecular weight is 411 g/mol. The van der Waals surface area contributed by atoms with Crippen LogP contribution in [-0.2, 0) is 17.8 Å². The number of rotatable bonds is 6. The molecule has 0 aliphatic carbocycles. The van der Waals surface area contributed by atoms with E-state index in [2.05, 4.69) is 31.7 Å². The van der Waals surface area contributed by atoms with Crippen LogP contribution in [-0.4, -0.2) is 28.4 Å². The lowest BCUT2D eigenvalue weighted by molar-refractivity contribution is -0.125. The lowest BCUT2D eigenvalue weighted by atomic mass is 9.96. The summed E-state index contributed by atoms with van der Waals surface area (Å²) >= 11 is 1.43. The summed E-state index contributed by atoms with van der Waals surface area (Å²) in [6.07, 6.45) is 2.32. The molecule has 0 saturated carbocycles. The zero-order valence-electron chi connectivity index (χ0n) is 16.1. The molecule has 0 atom stereocenters. The first kappa shape index (κ1) is 19.5. The van der Waals surface area contributed by atoms with Gasteiger partial charge < -0.3 is 10.2 Å². The lowest BCUT2D eigenvalue weighted by Gasteiger charge is -2.30. The molecule has 29 heavy (non-hydrogen) atoms. The molecule has 0 bridgehead atoms. The molecule has 2 heterocycles. The molecule has 1 fully saturated rings. The van der Waals surface area contributed by atoms with Crippen LogP contribution in [0.3, 0.4) is 0 Å². The average Bonchev–Trinajstić information content (AvgIpc) is 3.22. The molecule has 1 aromatic heterocycles. The van der Waals surface area contributed by atoms with E-state index in [-0.39, 0.29) is 17.6 Å². The monoisotopic (exact) mass is 410 g/mol. The number of carbonyl (C=O) groups is 1. The number of nitrogens with zero attached hydrogens (tertiary/aromatic N) is 3. The van der Waals surface area contributed by atoms with Gasteiger partial charge in [0.1, 0.15) is 11.6 Å². The fraction of sp³-hybridized carbons (Fsp3) is 0.318. The summed E-state index contributed by atoms with van der Waals surface area (Å²) in [6.45, 7) is 2.03. The summed E-state index contributed by atoms with van der Waals surface area (Å²) in [4.78, 5) is 19.4. The Bertz CT molecular complexity index is 937. The number of aromatic nitrogens is 2.